The van der Waals surface area contributed by atoms with E-state index in [9.17, 15) is 14.4 Å². The van der Waals surface area contributed by atoms with Crippen LogP contribution >= 0.6 is 0 Å². The van der Waals surface area contributed by atoms with E-state index in [-0.39, 0.29) is 25.0 Å². The van der Waals surface area contributed by atoms with Gasteiger partial charge in [-0.15, -0.1) is 0 Å². The maximum Gasteiger partial charge on any atom is 0.311 e. The van der Waals surface area contributed by atoms with Gasteiger partial charge in [0.1, 0.15) is 0 Å². The fraction of sp³-hybridized carbons (Fsp3) is 0.348. The summed E-state index contributed by atoms with van der Waals surface area (Å²) < 4.78 is 5.18. The van der Waals surface area contributed by atoms with Crippen molar-refractivity contribution in [3.63, 3.8) is 0 Å². The number of esters is 1. The summed E-state index contributed by atoms with van der Waals surface area (Å²) in [4.78, 5) is 38.6. The molecule has 3 rings (SSSR count). The Hall–Kier alpha value is -3.15. The first-order chi connectivity index (χ1) is 13.9. The lowest BCUT2D eigenvalue weighted by Gasteiger charge is -2.25. The number of carbonyl (C=O) groups excluding carboxylic acids is 3. The highest BCUT2D eigenvalue weighted by molar-refractivity contribution is 5.94. The van der Waals surface area contributed by atoms with Crippen LogP contribution in [0.4, 0.5) is 5.69 Å². The van der Waals surface area contributed by atoms with Crippen molar-refractivity contribution in [1.82, 2.24) is 4.90 Å². The SMILES string of the molecule is Cc1cccc(NC(=O)COC(=O)[C@H]2CC(=O)N([C@@H](C)c3ccccc3)C2)c1C. The van der Waals surface area contributed by atoms with E-state index < -0.39 is 17.8 Å². The van der Waals surface area contributed by atoms with Crippen molar-refractivity contribution in [1.29, 1.82) is 0 Å². The molecule has 1 aliphatic heterocycles. The maximum atomic E-state index is 12.4. The highest BCUT2D eigenvalue weighted by Gasteiger charge is 2.38. The zero-order chi connectivity index (χ0) is 21.0. The molecule has 1 aliphatic rings. The standard InChI is InChI=1S/C23H26N2O4/c1-15-8-7-11-20(16(15)2)24-21(26)14-29-23(28)19-12-22(27)25(13-19)17(3)18-9-5-4-6-10-18/h4-11,17,19H,12-14H2,1-3H3,(H,24,26)/t17-,19-/m0/s1. The zero-order valence-electron chi connectivity index (χ0n) is 17.0. The number of hydrogen-bond acceptors (Lipinski definition) is 4. The number of amides is 2. The zero-order valence-corrected chi connectivity index (χ0v) is 17.0. The van der Waals surface area contributed by atoms with Crippen LogP contribution in [0.3, 0.4) is 0 Å². The van der Waals surface area contributed by atoms with E-state index in [1.807, 2.05) is 63.2 Å². The Morgan fingerprint density at radius 3 is 2.59 bits per heavy atom. The number of nitrogens with one attached hydrogen (secondary N) is 1. The van der Waals surface area contributed by atoms with Gasteiger partial charge >= 0.3 is 5.97 Å². The lowest BCUT2D eigenvalue weighted by molar-refractivity contribution is -0.151. The molecule has 29 heavy (non-hydrogen) atoms. The number of rotatable bonds is 6. The second-order valence-electron chi connectivity index (χ2n) is 7.44. The predicted molar refractivity (Wildman–Crippen MR) is 110 cm³/mol. The second-order valence-corrected chi connectivity index (χ2v) is 7.44. The molecule has 0 aliphatic carbocycles. The molecule has 1 heterocycles. The van der Waals surface area contributed by atoms with Crippen molar-refractivity contribution < 1.29 is 19.1 Å². The van der Waals surface area contributed by atoms with Crippen molar-refractivity contribution in [2.24, 2.45) is 5.92 Å². The molecule has 0 bridgehead atoms. The average Bonchev–Trinajstić information content (AvgIpc) is 3.11. The molecule has 6 nitrogen and oxygen atoms in total. The fourth-order valence-corrected chi connectivity index (χ4v) is 3.50. The minimum atomic E-state index is -0.554. The minimum Gasteiger partial charge on any atom is -0.455 e. The lowest BCUT2D eigenvalue weighted by atomic mass is 10.1. The number of benzene rings is 2. The second kappa shape index (κ2) is 8.90. The Labute approximate surface area is 170 Å². The number of nitrogens with zero attached hydrogens (tertiary/aromatic N) is 1. The average molecular weight is 394 g/mol. The summed E-state index contributed by atoms with van der Waals surface area (Å²) in [5.74, 6) is -1.55. The van der Waals surface area contributed by atoms with Crippen LogP contribution in [-0.4, -0.2) is 35.8 Å². The van der Waals surface area contributed by atoms with E-state index in [0.717, 1.165) is 16.7 Å². The van der Waals surface area contributed by atoms with E-state index in [4.69, 9.17) is 4.74 Å². The number of aryl methyl sites for hydroxylation is 1. The van der Waals surface area contributed by atoms with Crippen LogP contribution in [-0.2, 0) is 19.1 Å². The highest BCUT2D eigenvalue weighted by atomic mass is 16.5. The van der Waals surface area contributed by atoms with Crippen LogP contribution in [0.2, 0.25) is 0 Å². The van der Waals surface area contributed by atoms with Crippen molar-refractivity contribution >= 4 is 23.5 Å². The van der Waals surface area contributed by atoms with Gasteiger partial charge in [0.25, 0.3) is 5.91 Å². The summed E-state index contributed by atoms with van der Waals surface area (Å²) in [6.07, 6.45) is 0.106. The molecule has 0 saturated carbocycles. The smallest absolute Gasteiger partial charge is 0.311 e. The Balaban J connectivity index is 1.53. The molecule has 0 radical (unpaired) electrons. The first kappa shape index (κ1) is 20.6. The summed E-state index contributed by atoms with van der Waals surface area (Å²) >= 11 is 0. The van der Waals surface area contributed by atoms with Gasteiger partial charge in [-0.1, -0.05) is 42.5 Å². The molecule has 0 aromatic heterocycles. The monoisotopic (exact) mass is 394 g/mol. The van der Waals surface area contributed by atoms with Crippen molar-refractivity contribution in [2.45, 2.75) is 33.2 Å². The summed E-state index contributed by atoms with van der Waals surface area (Å²) in [5.41, 5.74) is 3.75. The third-order valence-electron chi connectivity index (χ3n) is 5.47. The highest BCUT2D eigenvalue weighted by Crippen LogP contribution is 2.29. The minimum absolute atomic E-state index is 0.0804. The number of likely N-dealkylation sites (tertiary alicyclic amines) is 1. The van der Waals surface area contributed by atoms with E-state index in [0.29, 0.717) is 12.2 Å². The summed E-state index contributed by atoms with van der Waals surface area (Å²) in [5, 5.41) is 2.76. The van der Waals surface area contributed by atoms with Gasteiger partial charge in [0, 0.05) is 18.7 Å². The summed E-state index contributed by atoms with van der Waals surface area (Å²) in [7, 11) is 0. The Bertz CT molecular complexity index is 910. The van der Waals surface area contributed by atoms with E-state index in [2.05, 4.69) is 5.32 Å². The van der Waals surface area contributed by atoms with Gasteiger partial charge in [-0.2, -0.15) is 0 Å². The van der Waals surface area contributed by atoms with Crippen LogP contribution in [0.5, 0.6) is 0 Å². The van der Waals surface area contributed by atoms with Crippen molar-refractivity contribution in [3.05, 3.63) is 65.2 Å². The van der Waals surface area contributed by atoms with Crippen LogP contribution in [0, 0.1) is 19.8 Å². The molecular weight excluding hydrogens is 368 g/mol. The first-order valence-electron chi connectivity index (χ1n) is 9.74. The van der Waals surface area contributed by atoms with E-state index in [1.54, 1.807) is 11.0 Å². The van der Waals surface area contributed by atoms with Gasteiger partial charge in [-0.3, -0.25) is 14.4 Å². The van der Waals surface area contributed by atoms with Gasteiger partial charge in [-0.25, -0.2) is 0 Å². The van der Waals surface area contributed by atoms with Gasteiger partial charge in [0.05, 0.1) is 12.0 Å². The molecule has 2 amide bonds. The molecule has 1 N–H and O–H groups in total. The first-order valence-corrected chi connectivity index (χ1v) is 9.74. The van der Waals surface area contributed by atoms with Crippen LogP contribution in [0.15, 0.2) is 48.5 Å². The number of anilines is 1. The molecule has 0 spiro atoms. The van der Waals surface area contributed by atoms with E-state index >= 15 is 0 Å². The molecule has 2 aromatic carbocycles. The number of ether oxygens (including phenoxy) is 1. The van der Waals surface area contributed by atoms with Crippen LogP contribution in [0.25, 0.3) is 0 Å². The summed E-state index contributed by atoms with van der Waals surface area (Å²) in [6, 6.07) is 15.2. The topological polar surface area (TPSA) is 75.7 Å². The Morgan fingerprint density at radius 1 is 1.14 bits per heavy atom. The van der Waals surface area contributed by atoms with Gasteiger partial charge in [0.2, 0.25) is 5.91 Å². The quantitative estimate of drug-likeness (QED) is 0.762. The van der Waals surface area contributed by atoms with Gasteiger partial charge in [-0.05, 0) is 43.5 Å². The van der Waals surface area contributed by atoms with Crippen molar-refractivity contribution in [2.75, 3.05) is 18.5 Å². The largest absolute Gasteiger partial charge is 0.455 e. The molecule has 0 unspecified atom stereocenters. The fourth-order valence-electron chi connectivity index (χ4n) is 3.50. The molecule has 1 fully saturated rings. The van der Waals surface area contributed by atoms with E-state index in [1.165, 1.54) is 0 Å². The number of carbonyl (C=O) groups is 3. The maximum absolute atomic E-state index is 12.4. The predicted octanol–water partition coefficient (Wildman–Crippen LogP) is 3.39. The third-order valence-corrected chi connectivity index (χ3v) is 5.47. The molecule has 2 aromatic rings. The molecular formula is C23H26N2O4. The molecule has 2 atom stereocenters. The van der Waals surface area contributed by atoms with Gasteiger partial charge in [0.15, 0.2) is 6.61 Å². The van der Waals surface area contributed by atoms with Crippen LogP contribution in [0.1, 0.15) is 36.1 Å². The molecule has 1 saturated heterocycles. The lowest BCUT2D eigenvalue weighted by Crippen LogP contribution is -2.30. The molecule has 6 heteroatoms. The number of hydrogen-bond donors (Lipinski definition) is 1. The summed E-state index contributed by atoms with van der Waals surface area (Å²) in [6.45, 7) is 5.75. The Kier molecular flexibility index (Phi) is 6.32. The van der Waals surface area contributed by atoms with Crippen LogP contribution < -0.4 is 5.32 Å². The van der Waals surface area contributed by atoms with Gasteiger partial charge < -0.3 is 15.0 Å². The Morgan fingerprint density at radius 2 is 1.86 bits per heavy atom. The van der Waals surface area contributed by atoms with Crippen molar-refractivity contribution in [3.8, 4) is 0 Å². The molecule has 152 valence electrons. The normalized spacial score (nSPS) is 17.1. The third kappa shape index (κ3) is 4.83.